The topological polar surface area (TPSA) is 61.3 Å². The van der Waals surface area contributed by atoms with Crippen LogP contribution in [0.2, 0.25) is 0 Å². The molecule has 5 rings (SSSR count). The van der Waals surface area contributed by atoms with Crippen molar-refractivity contribution in [2.75, 3.05) is 31.1 Å². The van der Waals surface area contributed by atoms with Crippen LogP contribution in [-0.4, -0.2) is 41.3 Å². The van der Waals surface area contributed by atoms with Gasteiger partial charge in [0.25, 0.3) is 0 Å². The zero-order valence-corrected chi connectivity index (χ0v) is 16.2. The molecule has 144 valence electrons. The Balaban J connectivity index is 1.55. The summed E-state index contributed by atoms with van der Waals surface area (Å²) in [6.45, 7) is 6.33. The van der Waals surface area contributed by atoms with E-state index in [0.29, 0.717) is 17.6 Å². The number of benzene rings is 2. The van der Waals surface area contributed by atoms with Crippen LogP contribution in [0.5, 0.6) is 5.75 Å². The van der Waals surface area contributed by atoms with Crippen molar-refractivity contribution < 1.29 is 5.11 Å². The van der Waals surface area contributed by atoms with Crippen molar-refractivity contribution in [2.24, 2.45) is 5.92 Å². The lowest BCUT2D eigenvalue weighted by Gasteiger charge is -2.35. The molecule has 2 heterocycles. The molecule has 0 radical (unpaired) electrons. The van der Waals surface area contributed by atoms with Crippen LogP contribution in [0.4, 0.5) is 5.82 Å². The Labute approximate surface area is 165 Å². The molecule has 5 nitrogen and oxygen atoms in total. The molecule has 2 unspecified atom stereocenters. The van der Waals surface area contributed by atoms with E-state index in [1.165, 1.54) is 22.2 Å². The van der Waals surface area contributed by atoms with Crippen LogP contribution in [0, 0.1) is 5.92 Å². The largest absolute Gasteiger partial charge is 0.508 e. The number of hydrogen-bond donors (Lipinski definition) is 2. The van der Waals surface area contributed by atoms with Gasteiger partial charge in [-0.2, -0.15) is 0 Å². The summed E-state index contributed by atoms with van der Waals surface area (Å²) in [5.41, 5.74) is 3.72. The first-order valence-corrected chi connectivity index (χ1v) is 10.2. The smallest absolute Gasteiger partial charge is 0.135 e. The molecular weight excluding hydrogens is 348 g/mol. The maximum atomic E-state index is 10.3. The third kappa shape index (κ3) is 3.00. The van der Waals surface area contributed by atoms with Gasteiger partial charge in [0, 0.05) is 37.4 Å². The predicted octanol–water partition coefficient (Wildman–Crippen LogP) is 3.26. The molecule has 1 aromatic heterocycles. The molecule has 1 aliphatic heterocycles. The molecule has 3 aromatic rings. The predicted molar refractivity (Wildman–Crippen MR) is 112 cm³/mol. The van der Waals surface area contributed by atoms with Crippen LogP contribution in [-0.2, 0) is 12.8 Å². The molecule has 2 N–H and O–H groups in total. The fourth-order valence-corrected chi connectivity index (χ4v) is 4.89. The van der Waals surface area contributed by atoms with Crippen molar-refractivity contribution in [1.82, 2.24) is 15.3 Å². The molecule has 5 heteroatoms. The van der Waals surface area contributed by atoms with Gasteiger partial charge < -0.3 is 15.3 Å². The fraction of sp³-hybridized carbons (Fsp3) is 0.391. The molecule has 2 aliphatic rings. The van der Waals surface area contributed by atoms with Crippen LogP contribution in [0.25, 0.3) is 10.8 Å². The quantitative estimate of drug-likeness (QED) is 0.721. The number of fused-ring (bicyclic) bond motifs is 2. The number of nitrogens with one attached hydrogen (secondary N) is 1. The van der Waals surface area contributed by atoms with Gasteiger partial charge >= 0.3 is 0 Å². The lowest BCUT2D eigenvalue weighted by molar-refractivity contribution is 0.418. The summed E-state index contributed by atoms with van der Waals surface area (Å²) in [6, 6.07) is 12.1. The Morgan fingerprint density at radius 3 is 2.75 bits per heavy atom. The first-order chi connectivity index (χ1) is 13.7. The highest BCUT2D eigenvalue weighted by Crippen LogP contribution is 2.42. The molecule has 0 amide bonds. The van der Waals surface area contributed by atoms with E-state index in [-0.39, 0.29) is 0 Å². The van der Waals surface area contributed by atoms with Crippen molar-refractivity contribution in [2.45, 2.75) is 25.7 Å². The highest BCUT2D eigenvalue weighted by atomic mass is 16.3. The van der Waals surface area contributed by atoms with Gasteiger partial charge in [0.2, 0.25) is 0 Å². The number of aromatic nitrogens is 2. The zero-order valence-electron chi connectivity index (χ0n) is 16.2. The van der Waals surface area contributed by atoms with Gasteiger partial charge in [-0.15, -0.1) is 0 Å². The van der Waals surface area contributed by atoms with Crippen LogP contribution in [0.1, 0.15) is 29.7 Å². The van der Waals surface area contributed by atoms with E-state index in [0.717, 1.165) is 50.2 Å². The van der Waals surface area contributed by atoms with Crippen LogP contribution in [0.3, 0.4) is 0 Å². The standard InChI is InChI=1S/C23H26N4O/c1-15-10-21-22(25-14-26-23(21)27-8-6-24-7-9-27)13-19(15)20-12-17(28)11-16-4-2-3-5-18(16)20/h2-5,11-12,14-15,19,24,28H,6-10,13H2,1H3. The molecule has 1 saturated heterocycles. The van der Waals surface area contributed by atoms with Crippen molar-refractivity contribution in [3.8, 4) is 5.75 Å². The summed E-state index contributed by atoms with van der Waals surface area (Å²) in [4.78, 5) is 11.7. The fourth-order valence-electron chi connectivity index (χ4n) is 4.89. The van der Waals surface area contributed by atoms with Gasteiger partial charge in [-0.1, -0.05) is 31.2 Å². The highest BCUT2D eigenvalue weighted by Gasteiger charge is 2.32. The zero-order chi connectivity index (χ0) is 19.1. The lowest BCUT2D eigenvalue weighted by Crippen LogP contribution is -2.44. The van der Waals surface area contributed by atoms with Crippen molar-refractivity contribution in [1.29, 1.82) is 0 Å². The SMILES string of the molecule is CC1Cc2c(ncnc2N2CCNCC2)CC1c1cc(O)cc2ccccc12. The minimum atomic E-state index is 0.343. The summed E-state index contributed by atoms with van der Waals surface area (Å²) < 4.78 is 0. The number of phenolic OH excluding ortho intramolecular Hbond substituents is 1. The van der Waals surface area contributed by atoms with E-state index in [4.69, 9.17) is 0 Å². The van der Waals surface area contributed by atoms with Crippen LogP contribution < -0.4 is 10.2 Å². The van der Waals surface area contributed by atoms with Gasteiger partial charge in [-0.3, -0.25) is 0 Å². The van der Waals surface area contributed by atoms with E-state index >= 15 is 0 Å². The average Bonchev–Trinajstić information content (AvgIpc) is 2.73. The number of piperazine rings is 1. The first kappa shape index (κ1) is 17.4. The van der Waals surface area contributed by atoms with E-state index < -0.39 is 0 Å². The van der Waals surface area contributed by atoms with Crippen LogP contribution >= 0.6 is 0 Å². The minimum Gasteiger partial charge on any atom is -0.508 e. The van der Waals surface area contributed by atoms with Crippen molar-refractivity contribution in [3.05, 3.63) is 59.5 Å². The molecule has 0 saturated carbocycles. The van der Waals surface area contributed by atoms with Gasteiger partial charge in [-0.25, -0.2) is 9.97 Å². The summed E-state index contributed by atoms with van der Waals surface area (Å²) >= 11 is 0. The molecule has 1 fully saturated rings. The second-order valence-corrected chi connectivity index (χ2v) is 8.11. The summed E-state index contributed by atoms with van der Waals surface area (Å²) in [6.07, 6.45) is 3.60. The minimum absolute atomic E-state index is 0.343. The van der Waals surface area contributed by atoms with Crippen molar-refractivity contribution in [3.63, 3.8) is 0 Å². The molecular formula is C23H26N4O. The second-order valence-electron chi connectivity index (χ2n) is 8.11. The van der Waals surface area contributed by atoms with Gasteiger partial charge in [0.1, 0.15) is 17.9 Å². The maximum Gasteiger partial charge on any atom is 0.135 e. The number of hydrogen-bond acceptors (Lipinski definition) is 5. The Hall–Kier alpha value is -2.66. The Bertz CT molecular complexity index is 1010. The van der Waals surface area contributed by atoms with E-state index in [1.54, 1.807) is 6.33 Å². The first-order valence-electron chi connectivity index (χ1n) is 10.2. The average molecular weight is 374 g/mol. The normalized spacial score (nSPS) is 22.2. The third-order valence-electron chi connectivity index (χ3n) is 6.33. The van der Waals surface area contributed by atoms with Gasteiger partial charge in [0.05, 0.1) is 0 Å². The molecule has 1 aliphatic carbocycles. The number of anilines is 1. The summed E-state index contributed by atoms with van der Waals surface area (Å²) in [5.74, 6) is 2.27. The summed E-state index contributed by atoms with van der Waals surface area (Å²) in [5, 5.41) is 16.0. The van der Waals surface area contributed by atoms with E-state index in [2.05, 4.69) is 45.3 Å². The van der Waals surface area contributed by atoms with Crippen molar-refractivity contribution >= 4 is 16.6 Å². The van der Waals surface area contributed by atoms with E-state index in [1.807, 2.05) is 18.2 Å². The monoisotopic (exact) mass is 374 g/mol. The second kappa shape index (κ2) is 7.06. The number of aromatic hydroxyl groups is 1. The van der Waals surface area contributed by atoms with E-state index in [9.17, 15) is 5.11 Å². The van der Waals surface area contributed by atoms with Gasteiger partial charge in [-0.05, 0) is 53.1 Å². The molecule has 2 atom stereocenters. The Morgan fingerprint density at radius 1 is 1.07 bits per heavy atom. The van der Waals surface area contributed by atoms with Crippen LogP contribution in [0.15, 0.2) is 42.7 Å². The molecule has 2 aromatic carbocycles. The highest BCUT2D eigenvalue weighted by molar-refractivity contribution is 5.87. The molecule has 28 heavy (non-hydrogen) atoms. The van der Waals surface area contributed by atoms with Gasteiger partial charge in [0.15, 0.2) is 0 Å². The number of rotatable bonds is 2. The molecule has 0 bridgehead atoms. The molecule has 0 spiro atoms. The Morgan fingerprint density at radius 2 is 1.89 bits per heavy atom. The third-order valence-corrected chi connectivity index (χ3v) is 6.33. The maximum absolute atomic E-state index is 10.3. The number of nitrogens with zero attached hydrogens (tertiary/aromatic N) is 3. The summed E-state index contributed by atoms with van der Waals surface area (Å²) in [7, 11) is 0. The lowest BCUT2D eigenvalue weighted by atomic mass is 9.74. The Kier molecular flexibility index (Phi) is 4.40. The number of phenols is 1.